The van der Waals surface area contributed by atoms with Crippen molar-refractivity contribution in [2.24, 2.45) is 0 Å². The van der Waals surface area contributed by atoms with Crippen LogP contribution in [0, 0.1) is 13.8 Å². The van der Waals surface area contributed by atoms with Gasteiger partial charge in [-0.05, 0) is 19.9 Å². The van der Waals surface area contributed by atoms with E-state index in [1.54, 1.807) is 13.8 Å². The number of alkyl halides is 3. The summed E-state index contributed by atoms with van der Waals surface area (Å²) in [5.41, 5.74) is -0.210. The lowest BCUT2D eigenvalue weighted by Gasteiger charge is -2.13. The molecule has 2 N–H and O–H groups in total. The fraction of sp³-hybridized carbons (Fsp3) is 0.200. The smallest absolute Gasteiger partial charge is 0.307 e. The van der Waals surface area contributed by atoms with Gasteiger partial charge in [0.15, 0.2) is 5.82 Å². The lowest BCUT2D eigenvalue weighted by Crippen LogP contribution is -2.09. The summed E-state index contributed by atoms with van der Waals surface area (Å²) in [5.74, 6) is 1.20. The summed E-state index contributed by atoms with van der Waals surface area (Å²) in [6.45, 7) is 3.47. The van der Waals surface area contributed by atoms with Crippen molar-refractivity contribution in [1.29, 1.82) is 0 Å². The van der Waals surface area contributed by atoms with Crippen LogP contribution in [0.15, 0.2) is 30.5 Å². The van der Waals surface area contributed by atoms with Crippen LogP contribution in [-0.4, -0.2) is 25.1 Å². The summed E-state index contributed by atoms with van der Waals surface area (Å²) in [6, 6.07) is 5.19. The Morgan fingerprint density at radius 1 is 1.08 bits per heavy atom. The largest absolute Gasteiger partial charge is 0.417 e. The van der Waals surface area contributed by atoms with Crippen LogP contribution < -0.4 is 5.32 Å². The number of aromatic amines is 1. The molecule has 0 radical (unpaired) electrons. The Balaban J connectivity index is 2.03. The molecule has 2 aromatic heterocycles. The third kappa shape index (κ3) is 3.19. The van der Waals surface area contributed by atoms with Gasteiger partial charge in [0, 0.05) is 17.3 Å². The van der Waals surface area contributed by atoms with Crippen molar-refractivity contribution >= 4 is 11.8 Å². The minimum atomic E-state index is -4.49. The van der Waals surface area contributed by atoms with Gasteiger partial charge in [0.2, 0.25) is 5.95 Å². The van der Waals surface area contributed by atoms with E-state index in [0.717, 1.165) is 6.07 Å². The second-order valence-electron chi connectivity index (χ2n) is 5.14. The van der Waals surface area contributed by atoms with E-state index in [-0.39, 0.29) is 17.3 Å². The number of aromatic nitrogens is 5. The summed E-state index contributed by atoms with van der Waals surface area (Å²) >= 11 is 0. The number of hydrogen-bond acceptors (Lipinski definition) is 5. The standard InChI is InChI=1S/C15H13F3N6/c1-8-7-19-13(10-5-3-4-6-11(10)15(16,17)18)21-12(8)22-14-20-9(2)23-24-14/h3-7H,1-2H3,(H2,19,20,21,22,23,24). The van der Waals surface area contributed by atoms with Crippen LogP contribution in [0.3, 0.4) is 0 Å². The average Bonchev–Trinajstić information content (AvgIpc) is 2.94. The van der Waals surface area contributed by atoms with Gasteiger partial charge < -0.3 is 5.32 Å². The van der Waals surface area contributed by atoms with Gasteiger partial charge in [-0.2, -0.15) is 18.2 Å². The van der Waals surface area contributed by atoms with Crippen LogP contribution >= 0.6 is 0 Å². The molecule has 1 aromatic carbocycles. The lowest BCUT2D eigenvalue weighted by atomic mass is 10.1. The molecule has 0 spiro atoms. The van der Waals surface area contributed by atoms with Crippen LogP contribution in [0.2, 0.25) is 0 Å². The normalized spacial score (nSPS) is 11.5. The topological polar surface area (TPSA) is 79.4 Å². The first-order chi connectivity index (χ1) is 11.3. The molecule has 0 aliphatic rings. The second-order valence-corrected chi connectivity index (χ2v) is 5.14. The van der Waals surface area contributed by atoms with E-state index in [9.17, 15) is 13.2 Å². The number of halogens is 3. The third-order valence-electron chi connectivity index (χ3n) is 3.27. The summed E-state index contributed by atoms with van der Waals surface area (Å²) in [6.07, 6.45) is -3.03. The molecular formula is C15H13F3N6. The Kier molecular flexibility index (Phi) is 3.92. The number of H-pyrrole nitrogens is 1. The van der Waals surface area contributed by atoms with E-state index in [4.69, 9.17) is 0 Å². The zero-order chi connectivity index (χ0) is 17.3. The van der Waals surface area contributed by atoms with Gasteiger partial charge in [0.05, 0.1) is 5.56 Å². The predicted molar refractivity (Wildman–Crippen MR) is 81.6 cm³/mol. The minimum absolute atomic E-state index is 0.0247. The Hall–Kier alpha value is -2.97. The maximum absolute atomic E-state index is 13.2. The third-order valence-corrected chi connectivity index (χ3v) is 3.27. The number of nitrogens with one attached hydrogen (secondary N) is 2. The molecule has 3 aromatic rings. The van der Waals surface area contributed by atoms with Crippen LogP contribution in [0.1, 0.15) is 17.0 Å². The Morgan fingerprint density at radius 2 is 1.83 bits per heavy atom. The number of benzene rings is 1. The molecule has 2 heterocycles. The molecule has 0 unspecified atom stereocenters. The van der Waals surface area contributed by atoms with Gasteiger partial charge in [0.25, 0.3) is 0 Å². The van der Waals surface area contributed by atoms with Gasteiger partial charge in [-0.3, -0.25) is 5.10 Å². The summed E-state index contributed by atoms with van der Waals surface area (Å²) in [4.78, 5) is 12.3. The van der Waals surface area contributed by atoms with Gasteiger partial charge in [-0.25, -0.2) is 9.97 Å². The van der Waals surface area contributed by atoms with Crippen molar-refractivity contribution in [2.75, 3.05) is 5.32 Å². The number of nitrogens with zero attached hydrogens (tertiary/aromatic N) is 4. The number of rotatable bonds is 3. The highest BCUT2D eigenvalue weighted by atomic mass is 19.4. The van der Waals surface area contributed by atoms with Crippen LogP contribution in [0.5, 0.6) is 0 Å². The van der Waals surface area contributed by atoms with Gasteiger partial charge in [0.1, 0.15) is 11.6 Å². The monoisotopic (exact) mass is 334 g/mol. The summed E-state index contributed by atoms with van der Waals surface area (Å²) in [7, 11) is 0. The maximum Gasteiger partial charge on any atom is 0.417 e. The molecule has 9 heteroatoms. The van der Waals surface area contributed by atoms with E-state index in [2.05, 4.69) is 30.5 Å². The van der Waals surface area contributed by atoms with Crippen LogP contribution in [0.25, 0.3) is 11.4 Å². The summed E-state index contributed by atoms with van der Waals surface area (Å²) in [5, 5.41) is 9.47. The fourth-order valence-corrected chi connectivity index (χ4v) is 2.13. The van der Waals surface area contributed by atoms with Crippen molar-refractivity contribution in [1.82, 2.24) is 25.1 Å². The Bertz CT molecular complexity index is 872. The molecule has 124 valence electrons. The fourth-order valence-electron chi connectivity index (χ4n) is 2.13. The molecule has 0 aliphatic heterocycles. The molecule has 0 saturated carbocycles. The van der Waals surface area contributed by atoms with Gasteiger partial charge >= 0.3 is 6.18 Å². The molecule has 0 aliphatic carbocycles. The van der Waals surface area contributed by atoms with Crippen molar-refractivity contribution in [3.05, 3.63) is 47.4 Å². The molecule has 0 atom stereocenters. The van der Waals surface area contributed by atoms with Gasteiger partial charge in [-0.15, -0.1) is 5.10 Å². The first kappa shape index (κ1) is 15.9. The van der Waals surface area contributed by atoms with Crippen LogP contribution in [0.4, 0.5) is 24.9 Å². The first-order valence-corrected chi connectivity index (χ1v) is 7.01. The predicted octanol–water partition coefficient (Wildman–Crippen LogP) is 3.64. The highest BCUT2D eigenvalue weighted by Crippen LogP contribution is 2.36. The Labute approximate surface area is 135 Å². The Morgan fingerprint density at radius 3 is 2.50 bits per heavy atom. The zero-order valence-electron chi connectivity index (χ0n) is 12.8. The number of anilines is 2. The highest BCUT2D eigenvalue weighted by molar-refractivity contribution is 5.64. The van der Waals surface area contributed by atoms with Gasteiger partial charge in [-0.1, -0.05) is 18.2 Å². The molecule has 3 rings (SSSR count). The van der Waals surface area contributed by atoms with E-state index >= 15 is 0 Å². The van der Waals surface area contributed by atoms with E-state index in [0.29, 0.717) is 17.2 Å². The molecular weight excluding hydrogens is 321 g/mol. The molecule has 0 saturated heterocycles. The second kappa shape index (κ2) is 5.91. The minimum Gasteiger partial charge on any atom is -0.307 e. The van der Waals surface area contributed by atoms with Crippen molar-refractivity contribution < 1.29 is 13.2 Å². The van der Waals surface area contributed by atoms with Crippen molar-refractivity contribution in [3.8, 4) is 11.4 Å². The van der Waals surface area contributed by atoms with E-state index in [1.165, 1.54) is 24.4 Å². The highest BCUT2D eigenvalue weighted by Gasteiger charge is 2.34. The zero-order valence-corrected chi connectivity index (χ0v) is 12.8. The molecule has 6 nitrogen and oxygen atoms in total. The lowest BCUT2D eigenvalue weighted by molar-refractivity contribution is -0.137. The SMILES string of the molecule is Cc1nc(Nc2nc(-c3ccccc3C(F)(F)F)ncc2C)n[nH]1. The maximum atomic E-state index is 13.2. The molecule has 0 bridgehead atoms. The van der Waals surface area contributed by atoms with Crippen molar-refractivity contribution in [2.45, 2.75) is 20.0 Å². The van der Waals surface area contributed by atoms with E-state index < -0.39 is 11.7 Å². The molecule has 0 fully saturated rings. The van der Waals surface area contributed by atoms with Crippen molar-refractivity contribution in [3.63, 3.8) is 0 Å². The average molecular weight is 334 g/mol. The quantitative estimate of drug-likeness (QED) is 0.764. The number of hydrogen-bond donors (Lipinski definition) is 2. The number of aryl methyl sites for hydroxylation is 2. The van der Waals surface area contributed by atoms with Crippen LogP contribution in [-0.2, 0) is 6.18 Å². The molecule has 0 amide bonds. The molecule has 24 heavy (non-hydrogen) atoms. The van der Waals surface area contributed by atoms with E-state index in [1.807, 2.05) is 0 Å². The summed E-state index contributed by atoms with van der Waals surface area (Å²) < 4.78 is 39.5. The first-order valence-electron chi connectivity index (χ1n) is 7.01.